The van der Waals surface area contributed by atoms with Gasteiger partial charge in [-0.3, -0.25) is 4.79 Å². The second-order valence-corrected chi connectivity index (χ2v) is 3.49. The molecule has 1 aromatic rings. The fourth-order valence-corrected chi connectivity index (χ4v) is 1.20. The molecule has 2 N–H and O–H groups in total. The molecule has 0 aliphatic carbocycles. The minimum absolute atomic E-state index is 0.0534. The van der Waals surface area contributed by atoms with Crippen molar-refractivity contribution in [2.24, 2.45) is 0 Å². The Labute approximate surface area is 92.1 Å². The number of hydrogen-bond donors (Lipinski definition) is 2. The zero-order chi connectivity index (χ0) is 12.1. The molecule has 5 heteroatoms. The molecule has 16 heavy (non-hydrogen) atoms. The lowest BCUT2D eigenvalue weighted by molar-refractivity contribution is -0.139. The van der Waals surface area contributed by atoms with Crippen LogP contribution in [0.5, 0.6) is 0 Å². The minimum atomic E-state index is -2.50. The van der Waals surface area contributed by atoms with Gasteiger partial charge >= 0.3 is 5.97 Å². The van der Waals surface area contributed by atoms with E-state index in [2.05, 4.69) is 5.32 Å². The number of carbonyl (C=O) groups is 1. The van der Waals surface area contributed by atoms with E-state index in [1.165, 1.54) is 25.1 Å². The van der Waals surface area contributed by atoms with Gasteiger partial charge in [-0.1, -0.05) is 18.2 Å². The van der Waals surface area contributed by atoms with Crippen LogP contribution in [-0.4, -0.2) is 17.1 Å². The number of rotatable bonds is 5. The quantitative estimate of drug-likeness (QED) is 0.813. The minimum Gasteiger partial charge on any atom is -0.480 e. The van der Waals surface area contributed by atoms with Gasteiger partial charge in [0.1, 0.15) is 6.04 Å². The number of hydrogen-bond acceptors (Lipinski definition) is 2. The Morgan fingerprint density at radius 2 is 2.19 bits per heavy atom. The molecule has 0 heterocycles. The summed E-state index contributed by atoms with van der Waals surface area (Å²) >= 11 is 0. The zero-order valence-electron chi connectivity index (χ0n) is 8.78. The molecule has 0 aliphatic heterocycles. The largest absolute Gasteiger partial charge is 0.480 e. The molecule has 1 rings (SSSR count). The molecule has 0 fully saturated rings. The van der Waals surface area contributed by atoms with E-state index in [4.69, 9.17) is 5.11 Å². The zero-order valence-corrected chi connectivity index (χ0v) is 8.78. The summed E-state index contributed by atoms with van der Waals surface area (Å²) in [6, 6.07) is 5.22. The molecule has 0 saturated heterocycles. The molecule has 88 valence electrons. The summed E-state index contributed by atoms with van der Waals surface area (Å²) in [6.45, 7) is 1.76. The summed E-state index contributed by atoms with van der Waals surface area (Å²) in [6.07, 6.45) is -2.50. The first-order chi connectivity index (χ1) is 7.50. The SMILES string of the molecule is CC(NCc1cccc(C(F)F)c1)C(=O)O. The van der Waals surface area contributed by atoms with Crippen molar-refractivity contribution in [1.29, 1.82) is 0 Å². The van der Waals surface area contributed by atoms with Crippen molar-refractivity contribution in [3.8, 4) is 0 Å². The van der Waals surface area contributed by atoms with Crippen LogP contribution in [0.4, 0.5) is 8.78 Å². The third-order valence-corrected chi connectivity index (χ3v) is 2.19. The van der Waals surface area contributed by atoms with Crippen LogP contribution in [0.3, 0.4) is 0 Å². The first kappa shape index (κ1) is 12.6. The number of nitrogens with one attached hydrogen (secondary N) is 1. The van der Waals surface area contributed by atoms with Gasteiger partial charge in [-0.05, 0) is 18.6 Å². The summed E-state index contributed by atoms with van der Waals surface area (Å²) in [4.78, 5) is 10.5. The summed E-state index contributed by atoms with van der Waals surface area (Å²) < 4.78 is 24.7. The van der Waals surface area contributed by atoms with E-state index in [0.29, 0.717) is 5.56 Å². The van der Waals surface area contributed by atoms with Gasteiger partial charge in [0, 0.05) is 12.1 Å². The molecule has 0 bridgehead atoms. The van der Waals surface area contributed by atoms with Gasteiger partial charge in [0.25, 0.3) is 6.43 Å². The Balaban J connectivity index is 2.60. The number of alkyl halides is 2. The predicted octanol–water partition coefficient (Wildman–Crippen LogP) is 2.19. The summed E-state index contributed by atoms with van der Waals surface area (Å²) in [5, 5.41) is 11.3. The molecule has 0 radical (unpaired) electrons. The first-order valence-electron chi connectivity index (χ1n) is 4.84. The molecule has 1 atom stereocenters. The smallest absolute Gasteiger partial charge is 0.320 e. The van der Waals surface area contributed by atoms with Crippen molar-refractivity contribution < 1.29 is 18.7 Å². The highest BCUT2D eigenvalue weighted by Gasteiger charge is 2.10. The van der Waals surface area contributed by atoms with E-state index < -0.39 is 18.4 Å². The second kappa shape index (κ2) is 5.55. The highest BCUT2D eigenvalue weighted by Crippen LogP contribution is 2.19. The Bertz CT molecular complexity index is 369. The molecule has 3 nitrogen and oxygen atoms in total. The van der Waals surface area contributed by atoms with Gasteiger partial charge in [-0.25, -0.2) is 8.78 Å². The summed E-state index contributed by atoms with van der Waals surface area (Å²) in [5.74, 6) is -0.968. The van der Waals surface area contributed by atoms with Crippen LogP contribution in [0.15, 0.2) is 24.3 Å². The van der Waals surface area contributed by atoms with Crippen molar-refractivity contribution in [2.45, 2.75) is 25.9 Å². The third kappa shape index (κ3) is 3.58. The first-order valence-corrected chi connectivity index (χ1v) is 4.84. The van der Waals surface area contributed by atoms with E-state index in [0.717, 1.165) is 0 Å². The molecule has 0 spiro atoms. The molecule has 0 amide bonds. The summed E-state index contributed by atoms with van der Waals surface area (Å²) in [5.41, 5.74) is 0.591. The van der Waals surface area contributed by atoms with Crippen molar-refractivity contribution in [2.75, 3.05) is 0 Å². The number of halogens is 2. The number of carboxylic acids is 1. The highest BCUT2D eigenvalue weighted by atomic mass is 19.3. The Morgan fingerprint density at radius 1 is 1.50 bits per heavy atom. The van der Waals surface area contributed by atoms with Crippen molar-refractivity contribution in [3.63, 3.8) is 0 Å². The number of aliphatic carboxylic acids is 1. The maximum absolute atomic E-state index is 12.4. The van der Waals surface area contributed by atoms with Crippen molar-refractivity contribution in [3.05, 3.63) is 35.4 Å². The molecule has 0 saturated carbocycles. The average molecular weight is 229 g/mol. The number of carboxylic acid groups (broad SMARTS) is 1. The van der Waals surface area contributed by atoms with Crippen LogP contribution in [-0.2, 0) is 11.3 Å². The standard InChI is InChI=1S/C11H13F2NO2/c1-7(11(15)16)14-6-8-3-2-4-9(5-8)10(12)13/h2-5,7,10,14H,6H2,1H3,(H,15,16). The van der Waals surface area contributed by atoms with Gasteiger partial charge in [0.05, 0.1) is 0 Å². The van der Waals surface area contributed by atoms with Crippen LogP contribution in [0.2, 0.25) is 0 Å². The van der Waals surface area contributed by atoms with Crippen LogP contribution in [0.25, 0.3) is 0 Å². The molecule has 1 aromatic carbocycles. The summed E-state index contributed by atoms with van der Waals surface area (Å²) in [7, 11) is 0. The van der Waals surface area contributed by atoms with Crippen LogP contribution in [0, 0.1) is 0 Å². The van der Waals surface area contributed by atoms with Gasteiger partial charge in [0.2, 0.25) is 0 Å². The lowest BCUT2D eigenvalue weighted by Gasteiger charge is -2.09. The fourth-order valence-electron chi connectivity index (χ4n) is 1.20. The van der Waals surface area contributed by atoms with E-state index in [-0.39, 0.29) is 12.1 Å². The van der Waals surface area contributed by atoms with Crippen molar-refractivity contribution >= 4 is 5.97 Å². The van der Waals surface area contributed by atoms with Gasteiger partial charge in [-0.2, -0.15) is 0 Å². The topological polar surface area (TPSA) is 49.3 Å². The molecule has 0 aromatic heterocycles. The molecular weight excluding hydrogens is 216 g/mol. The lowest BCUT2D eigenvalue weighted by atomic mass is 10.1. The molecular formula is C11H13F2NO2. The van der Waals surface area contributed by atoms with Gasteiger partial charge in [0.15, 0.2) is 0 Å². The molecule has 1 unspecified atom stereocenters. The van der Waals surface area contributed by atoms with E-state index in [9.17, 15) is 13.6 Å². The van der Waals surface area contributed by atoms with E-state index in [1.807, 2.05) is 0 Å². The average Bonchev–Trinajstić information content (AvgIpc) is 2.26. The van der Waals surface area contributed by atoms with Crippen LogP contribution >= 0.6 is 0 Å². The second-order valence-electron chi connectivity index (χ2n) is 3.49. The monoisotopic (exact) mass is 229 g/mol. The maximum Gasteiger partial charge on any atom is 0.320 e. The Hall–Kier alpha value is -1.49. The van der Waals surface area contributed by atoms with Crippen LogP contribution < -0.4 is 5.32 Å². The van der Waals surface area contributed by atoms with Gasteiger partial charge < -0.3 is 10.4 Å². The maximum atomic E-state index is 12.4. The fraction of sp³-hybridized carbons (Fsp3) is 0.364. The number of benzene rings is 1. The van der Waals surface area contributed by atoms with E-state index in [1.54, 1.807) is 6.07 Å². The Kier molecular flexibility index (Phi) is 4.37. The third-order valence-electron chi connectivity index (χ3n) is 2.19. The normalized spacial score (nSPS) is 12.8. The van der Waals surface area contributed by atoms with Gasteiger partial charge in [-0.15, -0.1) is 0 Å². The predicted molar refractivity (Wildman–Crippen MR) is 55.3 cm³/mol. The Morgan fingerprint density at radius 3 is 2.75 bits per heavy atom. The highest BCUT2D eigenvalue weighted by molar-refractivity contribution is 5.72. The molecule has 0 aliphatic rings. The van der Waals surface area contributed by atoms with Crippen LogP contribution in [0.1, 0.15) is 24.5 Å². The van der Waals surface area contributed by atoms with E-state index >= 15 is 0 Å². The lowest BCUT2D eigenvalue weighted by Crippen LogP contribution is -2.33. The van der Waals surface area contributed by atoms with Crippen molar-refractivity contribution in [1.82, 2.24) is 5.32 Å².